The Morgan fingerprint density at radius 2 is 1.94 bits per heavy atom. The largest absolute Gasteiger partial charge is 0.461 e. The van der Waals surface area contributed by atoms with Gasteiger partial charge < -0.3 is 4.74 Å². The molecule has 0 heterocycles. The Bertz CT molecular complexity index is 427. The minimum absolute atomic E-state index is 0.205. The van der Waals surface area contributed by atoms with Gasteiger partial charge in [-0.05, 0) is 19.1 Å². The highest BCUT2D eigenvalue weighted by Crippen LogP contribution is 2.04. The number of Topliss-reactive ketones (excluding diaryl/α,β-unsaturated/α-hetero) is 1. The Kier molecular flexibility index (Phi) is 4.87. The smallest absolute Gasteiger partial charge is 0.362 e. The summed E-state index contributed by atoms with van der Waals surface area (Å²) in [4.78, 5) is 22.6. The predicted molar refractivity (Wildman–Crippen MR) is 64.8 cm³/mol. The minimum atomic E-state index is -0.719. The number of benzene rings is 1. The number of rotatable bonds is 5. The van der Waals surface area contributed by atoms with Gasteiger partial charge >= 0.3 is 5.97 Å². The van der Waals surface area contributed by atoms with E-state index in [1.165, 1.54) is 6.92 Å². The highest BCUT2D eigenvalue weighted by Gasteiger charge is 2.17. The van der Waals surface area contributed by atoms with E-state index in [2.05, 4.69) is 10.5 Å². The Morgan fingerprint density at radius 3 is 2.47 bits per heavy atom. The van der Waals surface area contributed by atoms with E-state index >= 15 is 0 Å². The molecule has 0 aromatic heterocycles. The number of anilines is 1. The van der Waals surface area contributed by atoms with Gasteiger partial charge in [0.05, 0.1) is 12.3 Å². The van der Waals surface area contributed by atoms with Crippen molar-refractivity contribution in [2.24, 2.45) is 5.10 Å². The van der Waals surface area contributed by atoms with Crippen molar-refractivity contribution in [2.75, 3.05) is 12.0 Å². The molecule has 17 heavy (non-hydrogen) atoms. The molecule has 0 aliphatic rings. The molecule has 0 unspecified atom stereocenters. The number of ketones is 1. The van der Waals surface area contributed by atoms with Crippen LogP contribution < -0.4 is 5.43 Å². The average molecular weight is 234 g/mol. The van der Waals surface area contributed by atoms with E-state index in [1.54, 1.807) is 19.1 Å². The van der Waals surface area contributed by atoms with Gasteiger partial charge in [-0.1, -0.05) is 18.2 Å². The zero-order valence-electron chi connectivity index (χ0n) is 9.77. The van der Waals surface area contributed by atoms with Crippen molar-refractivity contribution < 1.29 is 14.3 Å². The fraction of sp³-hybridized carbons (Fsp3) is 0.250. The predicted octanol–water partition coefficient (Wildman–Crippen LogP) is 1.61. The molecule has 0 radical (unpaired) electrons. The van der Waals surface area contributed by atoms with Crippen LogP contribution in [0.2, 0.25) is 0 Å². The van der Waals surface area contributed by atoms with Crippen molar-refractivity contribution >= 4 is 23.2 Å². The highest BCUT2D eigenvalue weighted by atomic mass is 16.5. The molecule has 0 amide bonds. The van der Waals surface area contributed by atoms with Crippen LogP contribution in [0.5, 0.6) is 0 Å². The van der Waals surface area contributed by atoms with Crippen LogP contribution in [0, 0.1) is 0 Å². The molecule has 5 nitrogen and oxygen atoms in total. The number of nitrogens with one attached hydrogen (secondary N) is 1. The Morgan fingerprint density at radius 1 is 1.29 bits per heavy atom. The average Bonchev–Trinajstić information content (AvgIpc) is 2.30. The number of esters is 1. The monoisotopic (exact) mass is 234 g/mol. The van der Waals surface area contributed by atoms with Crippen molar-refractivity contribution in [3.63, 3.8) is 0 Å². The third-order valence-electron chi connectivity index (χ3n) is 1.87. The van der Waals surface area contributed by atoms with E-state index < -0.39 is 11.8 Å². The summed E-state index contributed by atoms with van der Waals surface area (Å²) in [6.07, 6.45) is 0. The zero-order chi connectivity index (χ0) is 12.7. The summed E-state index contributed by atoms with van der Waals surface area (Å²) in [6.45, 7) is 3.14. The Hall–Kier alpha value is -2.17. The molecule has 0 atom stereocenters. The second kappa shape index (κ2) is 6.42. The normalized spacial score (nSPS) is 10.8. The molecule has 5 heteroatoms. The molecule has 1 N–H and O–H groups in total. The third-order valence-corrected chi connectivity index (χ3v) is 1.87. The summed E-state index contributed by atoms with van der Waals surface area (Å²) in [5.41, 5.74) is 3.08. The first-order valence-corrected chi connectivity index (χ1v) is 5.22. The quantitative estimate of drug-likeness (QED) is 0.364. The number of para-hydroxylation sites is 1. The van der Waals surface area contributed by atoms with Gasteiger partial charge in [0.1, 0.15) is 0 Å². The summed E-state index contributed by atoms with van der Waals surface area (Å²) in [5, 5.41) is 3.75. The van der Waals surface area contributed by atoms with Gasteiger partial charge in [-0.25, -0.2) is 4.79 Å². The van der Waals surface area contributed by atoms with Crippen LogP contribution in [0.25, 0.3) is 0 Å². The van der Waals surface area contributed by atoms with Crippen LogP contribution in [0.1, 0.15) is 13.8 Å². The molecule has 1 aromatic rings. The fourth-order valence-corrected chi connectivity index (χ4v) is 1.10. The first-order valence-electron chi connectivity index (χ1n) is 5.22. The topological polar surface area (TPSA) is 67.8 Å². The van der Waals surface area contributed by atoms with Gasteiger partial charge in [0.2, 0.25) is 5.71 Å². The standard InChI is InChI=1S/C12H14N2O3/c1-3-17-12(16)11(9(2)15)14-13-10-7-5-4-6-8-10/h4-8,13H,3H2,1-2H3. The van der Waals surface area contributed by atoms with Crippen molar-refractivity contribution in [3.8, 4) is 0 Å². The van der Waals surface area contributed by atoms with Gasteiger partial charge in [0, 0.05) is 6.92 Å². The molecule has 1 aromatic carbocycles. The van der Waals surface area contributed by atoms with Crippen molar-refractivity contribution in [1.29, 1.82) is 0 Å². The first-order chi connectivity index (χ1) is 8.15. The van der Waals surface area contributed by atoms with Crippen molar-refractivity contribution in [1.82, 2.24) is 0 Å². The Balaban J connectivity index is 2.78. The third kappa shape index (κ3) is 4.06. The number of carbonyl (C=O) groups excluding carboxylic acids is 2. The second-order valence-electron chi connectivity index (χ2n) is 3.21. The molecule has 1 rings (SSSR count). The maximum atomic E-state index is 11.4. The lowest BCUT2D eigenvalue weighted by Gasteiger charge is -2.04. The van der Waals surface area contributed by atoms with E-state index in [0.717, 1.165) is 0 Å². The minimum Gasteiger partial charge on any atom is -0.461 e. The molecule has 0 saturated heterocycles. The second-order valence-corrected chi connectivity index (χ2v) is 3.21. The number of nitrogens with zero attached hydrogens (tertiary/aromatic N) is 1. The van der Waals surface area contributed by atoms with Crippen LogP contribution >= 0.6 is 0 Å². The lowest BCUT2D eigenvalue weighted by Crippen LogP contribution is -2.25. The van der Waals surface area contributed by atoms with Gasteiger partial charge in [-0.3, -0.25) is 10.2 Å². The van der Waals surface area contributed by atoms with Gasteiger partial charge in [-0.15, -0.1) is 0 Å². The first kappa shape index (κ1) is 12.9. The molecule has 0 aliphatic carbocycles. The van der Waals surface area contributed by atoms with Gasteiger partial charge in [-0.2, -0.15) is 5.10 Å². The number of hydrogen-bond acceptors (Lipinski definition) is 5. The number of hydrogen-bond donors (Lipinski definition) is 1. The highest BCUT2D eigenvalue weighted by molar-refractivity contribution is 6.64. The summed E-state index contributed by atoms with van der Waals surface area (Å²) in [6, 6.07) is 9.02. The number of hydrazone groups is 1. The lowest BCUT2D eigenvalue weighted by atomic mass is 10.3. The van der Waals surface area contributed by atoms with Crippen LogP contribution in [0.4, 0.5) is 5.69 Å². The maximum absolute atomic E-state index is 11.4. The van der Waals surface area contributed by atoms with Gasteiger partial charge in [0.15, 0.2) is 5.78 Å². The van der Waals surface area contributed by atoms with Crippen LogP contribution in [0.3, 0.4) is 0 Å². The van der Waals surface area contributed by atoms with E-state index in [9.17, 15) is 9.59 Å². The maximum Gasteiger partial charge on any atom is 0.362 e. The van der Waals surface area contributed by atoms with E-state index in [4.69, 9.17) is 4.74 Å². The summed E-state index contributed by atoms with van der Waals surface area (Å²) >= 11 is 0. The van der Waals surface area contributed by atoms with E-state index in [0.29, 0.717) is 5.69 Å². The van der Waals surface area contributed by atoms with Crippen LogP contribution in [-0.2, 0) is 14.3 Å². The van der Waals surface area contributed by atoms with Gasteiger partial charge in [0.25, 0.3) is 0 Å². The fourth-order valence-electron chi connectivity index (χ4n) is 1.10. The molecular formula is C12H14N2O3. The summed E-state index contributed by atoms with van der Waals surface area (Å²) < 4.78 is 4.72. The Labute approximate surface area is 99.5 Å². The molecule has 0 aliphatic heterocycles. The van der Waals surface area contributed by atoms with E-state index in [-0.39, 0.29) is 12.3 Å². The van der Waals surface area contributed by atoms with Crippen LogP contribution in [0.15, 0.2) is 35.4 Å². The molecule has 0 bridgehead atoms. The van der Waals surface area contributed by atoms with Crippen molar-refractivity contribution in [2.45, 2.75) is 13.8 Å². The SMILES string of the molecule is CCOC(=O)C(=NNc1ccccc1)C(C)=O. The van der Waals surface area contributed by atoms with Crippen LogP contribution in [-0.4, -0.2) is 24.1 Å². The molecule has 0 spiro atoms. The zero-order valence-corrected chi connectivity index (χ0v) is 9.77. The lowest BCUT2D eigenvalue weighted by molar-refractivity contribution is -0.135. The summed E-state index contributed by atoms with van der Waals surface area (Å²) in [7, 11) is 0. The molecule has 0 fully saturated rings. The van der Waals surface area contributed by atoms with E-state index in [1.807, 2.05) is 18.2 Å². The molecule has 90 valence electrons. The van der Waals surface area contributed by atoms with Crippen molar-refractivity contribution in [3.05, 3.63) is 30.3 Å². The summed E-state index contributed by atoms with van der Waals surface area (Å²) in [5.74, 6) is -1.16. The number of ether oxygens (including phenoxy) is 1. The molecule has 0 saturated carbocycles. The molecular weight excluding hydrogens is 220 g/mol. The number of carbonyl (C=O) groups is 2.